The predicted octanol–water partition coefficient (Wildman–Crippen LogP) is 5.58. The number of ether oxygens (including phenoxy) is 1. The van der Waals surface area contributed by atoms with Crippen molar-refractivity contribution in [2.45, 2.75) is 52.2 Å². The largest absolute Gasteiger partial charge is 0.484 e. The topological polar surface area (TPSA) is 58.6 Å². The third kappa shape index (κ3) is 8.15. The molecule has 0 aliphatic heterocycles. The van der Waals surface area contributed by atoms with Gasteiger partial charge in [0.05, 0.1) is 0 Å². The zero-order chi connectivity index (χ0) is 25.2. The molecule has 5 nitrogen and oxygen atoms in total. The first-order chi connectivity index (χ1) is 16.9. The van der Waals surface area contributed by atoms with Gasteiger partial charge >= 0.3 is 0 Å². The van der Waals surface area contributed by atoms with Gasteiger partial charge in [0.25, 0.3) is 5.91 Å². The fourth-order valence-electron chi connectivity index (χ4n) is 3.71. The van der Waals surface area contributed by atoms with Gasteiger partial charge in [-0.2, -0.15) is 0 Å². The van der Waals surface area contributed by atoms with Crippen LogP contribution >= 0.6 is 11.6 Å². The fraction of sp³-hybridized carbons (Fsp3) is 0.310. The van der Waals surface area contributed by atoms with Crippen molar-refractivity contribution in [1.29, 1.82) is 0 Å². The molecular weight excluding hydrogens is 460 g/mol. The summed E-state index contributed by atoms with van der Waals surface area (Å²) in [4.78, 5) is 28.6. The van der Waals surface area contributed by atoms with Crippen LogP contribution in [0.1, 0.15) is 37.0 Å². The molecule has 0 radical (unpaired) electrons. The van der Waals surface area contributed by atoms with Crippen molar-refractivity contribution >= 4 is 23.4 Å². The summed E-state index contributed by atoms with van der Waals surface area (Å²) in [6.07, 6.45) is 1.19. The lowest BCUT2D eigenvalue weighted by molar-refractivity contribution is -0.143. The van der Waals surface area contributed by atoms with E-state index in [2.05, 4.69) is 5.32 Å². The molecule has 2 amide bonds. The minimum Gasteiger partial charge on any atom is -0.484 e. The van der Waals surface area contributed by atoms with Crippen LogP contribution in [0.25, 0.3) is 0 Å². The van der Waals surface area contributed by atoms with Gasteiger partial charge in [-0.15, -0.1) is 0 Å². The number of nitrogens with zero attached hydrogens (tertiary/aromatic N) is 1. The van der Waals surface area contributed by atoms with Gasteiger partial charge in [0.1, 0.15) is 11.8 Å². The van der Waals surface area contributed by atoms with Crippen LogP contribution in [0.4, 0.5) is 0 Å². The molecule has 0 saturated carbocycles. The molecule has 0 aliphatic carbocycles. The lowest BCUT2D eigenvalue weighted by Crippen LogP contribution is -2.53. The monoisotopic (exact) mass is 492 g/mol. The van der Waals surface area contributed by atoms with E-state index >= 15 is 0 Å². The number of carbonyl (C=O) groups is 2. The van der Waals surface area contributed by atoms with Gasteiger partial charge in [0, 0.05) is 24.0 Å². The van der Waals surface area contributed by atoms with Crippen molar-refractivity contribution in [3.63, 3.8) is 0 Å². The summed E-state index contributed by atoms with van der Waals surface area (Å²) in [5.74, 6) is 0.177. The highest BCUT2D eigenvalue weighted by atomic mass is 35.5. The number of aryl methyl sites for hydroxylation is 1. The molecule has 3 aromatic carbocycles. The quantitative estimate of drug-likeness (QED) is 0.380. The summed E-state index contributed by atoms with van der Waals surface area (Å²) in [5, 5.41) is 3.68. The highest BCUT2D eigenvalue weighted by Gasteiger charge is 2.31. The van der Waals surface area contributed by atoms with Gasteiger partial charge in [0.15, 0.2) is 6.61 Å². The lowest BCUT2D eigenvalue weighted by atomic mass is 10.0. The maximum absolute atomic E-state index is 13.6. The molecular formula is C29H33ClN2O3. The third-order valence-corrected chi connectivity index (χ3v) is 6.14. The summed E-state index contributed by atoms with van der Waals surface area (Å²) in [5.41, 5.74) is 2.90. The lowest BCUT2D eigenvalue weighted by Gasteiger charge is -2.32. The predicted molar refractivity (Wildman–Crippen MR) is 141 cm³/mol. The number of benzene rings is 3. The van der Waals surface area contributed by atoms with Gasteiger partial charge in [-0.25, -0.2) is 0 Å². The Morgan fingerprint density at radius 1 is 0.971 bits per heavy atom. The summed E-state index contributed by atoms with van der Waals surface area (Å²) in [7, 11) is 0. The van der Waals surface area contributed by atoms with E-state index in [1.165, 1.54) is 0 Å². The summed E-state index contributed by atoms with van der Waals surface area (Å²) in [6.45, 7) is 6.04. The molecule has 184 valence electrons. The summed E-state index contributed by atoms with van der Waals surface area (Å²) in [6, 6.07) is 23.9. The fourth-order valence-corrected chi connectivity index (χ4v) is 3.84. The molecule has 6 heteroatoms. The second kappa shape index (κ2) is 13.0. The molecule has 3 rings (SSSR count). The van der Waals surface area contributed by atoms with E-state index < -0.39 is 6.04 Å². The number of amides is 2. The number of hydrogen-bond acceptors (Lipinski definition) is 3. The van der Waals surface area contributed by atoms with E-state index in [-0.39, 0.29) is 31.0 Å². The smallest absolute Gasteiger partial charge is 0.261 e. The van der Waals surface area contributed by atoms with Crippen LogP contribution < -0.4 is 10.1 Å². The Hall–Kier alpha value is -3.31. The summed E-state index contributed by atoms with van der Waals surface area (Å²) < 4.78 is 5.82. The van der Waals surface area contributed by atoms with Crippen LogP contribution in [0.2, 0.25) is 5.02 Å². The number of rotatable bonds is 11. The van der Waals surface area contributed by atoms with Gasteiger partial charge in [-0.05, 0) is 61.2 Å². The average molecular weight is 493 g/mol. The van der Waals surface area contributed by atoms with Gasteiger partial charge < -0.3 is 15.0 Å². The molecule has 2 atom stereocenters. The molecule has 3 aromatic rings. The van der Waals surface area contributed by atoms with Gasteiger partial charge in [0.2, 0.25) is 5.91 Å². The van der Waals surface area contributed by atoms with E-state index in [4.69, 9.17) is 16.3 Å². The minimum atomic E-state index is -0.698. The molecule has 0 fully saturated rings. The van der Waals surface area contributed by atoms with Crippen LogP contribution in [0.15, 0.2) is 78.9 Å². The van der Waals surface area contributed by atoms with Crippen molar-refractivity contribution in [3.05, 3.63) is 101 Å². The molecule has 0 aromatic heterocycles. The van der Waals surface area contributed by atoms with Crippen molar-refractivity contribution in [1.82, 2.24) is 10.2 Å². The molecule has 0 aliphatic rings. The second-order valence-electron chi connectivity index (χ2n) is 8.78. The van der Waals surface area contributed by atoms with Crippen molar-refractivity contribution < 1.29 is 14.3 Å². The van der Waals surface area contributed by atoms with Crippen LogP contribution in [-0.4, -0.2) is 35.4 Å². The molecule has 0 unspecified atom stereocenters. The zero-order valence-corrected chi connectivity index (χ0v) is 21.3. The SMILES string of the molecule is CC[C@@H](C)NC(=O)[C@H](Cc1ccccc1)N(Cc1ccc(Cl)cc1)C(=O)COc1cccc(C)c1. The van der Waals surface area contributed by atoms with Gasteiger partial charge in [-0.1, -0.05) is 73.1 Å². The minimum absolute atomic E-state index is 0.00296. The molecule has 0 spiro atoms. The van der Waals surface area contributed by atoms with Crippen LogP contribution in [-0.2, 0) is 22.6 Å². The zero-order valence-electron chi connectivity index (χ0n) is 20.5. The maximum atomic E-state index is 13.6. The van der Waals surface area contributed by atoms with Crippen LogP contribution in [0.3, 0.4) is 0 Å². The van der Waals surface area contributed by atoms with Crippen molar-refractivity contribution in [2.75, 3.05) is 6.61 Å². The Morgan fingerprint density at radius 2 is 1.69 bits per heavy atom. The Morgan fingerprint density at radius 3 is 2.34 bits per heavy atom. The van der Waals surface area contributed by atoms with Crippen LogP contribution in [0, 0.1) is 6.92 Å². The number of nitrogens with one attached hydrogen (secondary N) is 1. The molecule has 1 N–H and O–H groups in total. The maximum Gasteiger partial charge on any atom is 0.261 e. The van der Waals surface area contributed by atoms with E-state index in [1.807, 2.05) is 87.5 Å². The number of hydrogen-bond donors (Lipinski definition) is 1. The summed E-state index contributed by atoms with van der Waals surface area (Å²) >= 11 is 6.07. The Bertz CT molecular complexity index is 1100. The standard InChI is InChI=1S/C29H33ClN2O3/c1-4-22(3)31-29(34)27(18-23-10-6-5-7-11-23)32(19-24-13-15-25(30)16-14-24)28(33)20-35-26-12-8-9-21(2)17-26/h5-17,22,27H,4,18-20H2,1-3H3,(H,31,34)/t22-,27+/m1/s1. The Labute approximate surface area is 213 Å². The van der Waals surface area contributed by atoms with E-state index in [0.29, 0.717) is 17.2 Å². The van der Waals surface area contributed by atoms with Crippen LogP contribution in [0.5, 0.6) is 5.75 Å². The first-order valence-electron chi connectivity index (χ1n) is 11.9. The third-order valence-electron chi connectivity index (χ3n) is 5.89. The highest BCUT2D eigenvalue weighted by Crippen LogP contribution is 2.18. The average Bonchev–Trinajstić information content (AvgIpc) is 2.86. The first kappa shape index (κ1) is 26.3. The first-order valence-corrected chi connectivity index (χ1v) is 12.3. The molecule has 0 saturated heterocycles. The Balaban J connectivity index is 1.90. The molecule has 0 heterocycles. The van der Waals surface area contributed by atoms with Gasteiger partial charge in [-0.3, -0.25) is 9.59 Å². The normalized spacial score (nSPS) is 12.5. The Kier molecular flexibility index (Phi) is 9.74. The van der Waals surface area contributed by atoms with E-state index in [1.54, 1.807) is 17.0 Å². The van der Waals surface area contributed by atoms with E-state index in [9.17, 15) is 9.59 Å². The number of carbonyl (C=O) groups excluding carboxylic acids is 2. The van der Waals surface area contributed by atoms with Crippen molar-refractivity contribution in [3.8, 4) is 5.75 Å². The van der Waals surface area contributed by atoms with E-state index in [0.717, 1.165) is 23.1 Å². The van der Waals surface area contributed by atoms with Crippen molar-refractivity contribution in [2.24, 2.45) is 0 Å². The highest BCUT2D eigenvalue weighted by molar-refractivity contribution is 6.30. The number of halogens is 1. The molecule has 35 heavy (non-hydrogen) atoms. The second-order valence-corrected chi connectivity index (χ2v) is 9.21. The molecule has 0 bridgehead atoms.